The first-order valence-electron chi connectivity index (χ1n) is 4.98. The Hall–Kier alpha value is -1.95. The van der Waals surface area contributed by atoms with Crippen molar-refractivity contribution in [3.05, 3.63) is 41.0 Å². The molecule has 0 aliphatic carbocycles. The molecule has 3 rings (SSSR count). The number of nitrogens with zero attached hydrogens (tertiary/aromatic N) is 4. The summed E-state index contributed by atoms with van der Waals surface area (Å²) in [4.78, 5) is 8.43. The molecule has 6 heteroatoms. The number of hydrogen-bond donors (Lipinski definition) is 1. The molecule has 0 aliphatic heterocycles. The van der Waals surface area contributed by atoms with E-state index in [9.17, 15) is 0 Å². The van der Waals surface area contributed by atoms with Crippen LogP contribution < -0.4 is 5.73 Å². The van der Waals surface area contributed by atoms with Gasteiger partial charge in [0.05, 0.1) is 0 Å². The van der Waals surface area contributed by atoms with Crippen LogP contribution >= 0.6 is 15.9 Å². The maximum absolute atomic E-state index is 5.59. The summed E-state index contributed by atoms with van der Waals surface area (Å²) < 4.78 is 2.59. The summed E-state index contributed by atoms with van der Waals surface area (Å²) in [5.74, 6) is 0.950. The van der Waals surface area contributed by atoms with Gasteiger partial charge in [0, 0.05) is 22.3 Å². The van der Waals surface area contributed by atoms with Crippen molar-refractivity contribution >= 4 is 27.5 Å². The van der Waals surface area contributed by atoms with Gasteiger partial charge in [-0.05, 0) is 6.07 Å². The highest BCUT2D eigenvalue weighted by molar-refractivity contribution is 9.10. The number of anilines is 1. The summed E-state index contributed by atoms with van der Waals surface area (Å²) in [6, 6.07) is 9.58. The summed E-state index contributed by atoms with van der Waals surface area (Å²) in [6.45, 7) is 0. The normalized spacial score (nSPS) is 10.9. The standard InChI is InChI=1S/C11H8BrN5/c12-8-4-2-1-3-7(8)10-14-6-5-9-15-11(13)16-17(9)10/h1-6H,(H2,13,16). The Labute approximate surface area is 105 Å². The second-order valence-electron chi connectivity index (χ2n) is 3.49. The summed E-state index contributed by atoms with van der Waals surface area (Å²) in [5.41, 5.74) is 7.22. The number of aromatic nitrogens is 4. The topological polar surface area (TPSA) is 69.1 Å². The molecule has 0 bridgehead atoms. The number of fused-ring (bicyclic) bond motifs is 1. The molecular formula is C11H8BrN5. The zero-order valence-corrected chi connectivity index (χ0v) is 10.3. The van der Waals surface area contributed by atoms with Crippen LogP contribution in [-0.2, 0) is 0 Å². The highest BCUT2D eigenvalue weighted by Gasteiger charge is 2.10. The van der Waals surface area contributed by atoms with Gasteiger partial charge in [-0.1, -0.05) is 34.1 Å². The van der Waals surface area contributed by atoms with Crippen molar-refractivity contribution in [2.75, 3.05) is 5.73 Å². The SMILES string of the molecule is Nc1nc2ccnc(-c3ccccc3Br)n2n1. The van der Waals surface area contributed by atoms with Crippen molar-refractivity contribution in [3.8, 4) is 11.4 Å². The molecule has 3 aromatic rings. The van der Waals surface area contributed by atoms with Crippen molar-refractivity contribution in [1.29, 1.82) is 0 Å². The molecule has 0 saturated heterocycles. The van der Waals surface area contributed by atoms with Crippen LogP contribution in [0.3, 0.4) is 0 Å². The van der Waals surface area contributed by atoms with E-state index in [2.05, 4.69) is 31.0 Å². The molecule has 0 radical (unpaired) electrons. The first-order chi connectivity index (χ1) is 8.25. The van der Waals surface area contributed by atoms with Crippen LogP contribution in [-0.4, -0.2) is 19.6 Å². The van der Waals surface area contributed by atoms with E-state index < -0.39 is 0 Å². The third-order valence-corrected chi connectivity index (χ3v) is 3.08. The molecule has 84 valence electrons. The lowest BCUT2D eigenvalue weighted by Crippen LogP contribution is -1.98. The first-order valence-corrected chi connectivity index (χ1v) is 5.77. The fraction of sp³-hybridized carbons (Fsp3) is 0. The molecule has 0 atom stereocenters. The second-order valence-corrected chi connectivity index (χ2v) is 4.34. The van der Waals surface area contributed by atoms with Gasteiger partial charge in [-0.3, -0.25) is 0 Å². The van der Waals surface area contributed by atoms with E-state index in [0.29, 0.717) is 11.5 Å². The Morgan fingerprint density at radius 2 is 2.00 bits per heavy atom. The van der Waals surface area contributed by atoms with Crippen LogP contribution in [0.2, 0.25) is 0 Å². The van der Waals surface area contributed by atoms with Gasteiger partial charge in [-0.25, -0.2) is 4.98 Å². The Balaban J connectivity index is 2.34. The molecule has 2 N–H and O–H groups in total. The van der Waals surface area contributed by atoms with Crippen LogP contribution in [0.1, 0.15) is 0 Å². The van der Waals surface area contributed by atoms with Crippen LogP contribution in [0, 0.1) is 0 Å². The Kier molecular flexibility index (Phi) is 2.29. The van der Waals surface area contributed by atoms with Crippen LogP contribution in [0.25, 0.3) is 17.0 Å². The fourth-order valence-electron chi connectivity index (χ4n) is 1.66. The average molecular weight is 290 g/mol. The van der Waals surface area contributed by atoms with Crippen molar-refractivity contribution < 1.29 is 0 Å². The average Bonchev–Trinajstić information content (AvgIpc) is 2.70. The number of halogens is 1. The molecule has 0 fully saturated rings. The van der Waals surface area contributed by atoms with Crippen molar-refractivity contribution in [1.82, 2.24) is 19.6 Å². The Morgan fingerprint density at radius 1 is 1.18 bits per heavy atom. The quantitative estimate of drug-likeness (QED) is 0.745. The fourth-order valence-corrected chi connectivity index (χ4v) is 2.12. The van der Waals surface area contributed by atoms with Crippen LogP contribution in [0.4, 0.5) is 5.95 Å². The molecule has 0 aliphatic rings. The highest BCUT2D eigenvalue weighted by atomic mass is 79.9. The molecule has 17 heavy (non-hydrogen) atoms. The molecule has 0 saturated carbocycles. The van der Waals surface area contributed by atoms with E-state index in [1.807, 2.05) is 24.3 Å². The number of nitrogen functional groups attached to an aromatic ring is 1. The number of nitrogens with two attached hydrogens (primary N) is 1. The lowest BCUT2D eigenvalue weighted by Gasteiger charge is -2.04. The van der Waals surface area contributed by atoms with Gasteiger partial charge in [0.15, 0.2) is 11.5 Å². The van der Waals surface area contributed by atoms with Gasteiger partial charge in [-0.2, -0.15) is 9.50 Å². The summed E-state index contributed by atoms with van der Waals surface area (Å²) in [5, 5.41) is 4.13. The molecule has 2 heterocycles. The predicted octanol–water partition coefficient (Wildman–Crippen LogP) is 2.14. The number of benzene rings is 1. The second kappa shape index (κ2) is 3.81. The van der Waals surface area contributed by atoms with Gasteiger partial charge in [-0.15, -0.1) is 5.10 Å². The number of rotatable bonds is 1. The third-order valence-electron chi connectivity index (χ3n) is 2.38. The molecule has 0 amide bonds. The minimum Gasteiger partial charge on any atom is -0.366 e. The molecule has 2 aromatic heterocycles. The predicted molar refractivity (Wildman–Crippen MR) is 68.3 cm³/mol. The maximum atomic E-state index is 5.59. The minimum absolute atomic E-state index is 0.242. The highest BCUT2D eigenvalue weighted by Crippen LogP contribution is 2.26. The molecule has 5 nitrogen and oxygen atoms in total. The third kappa shape index (κ3) is 1.66. The zero-order chi connectivity index (χ0) is 11.8. The van der Waals surface area contributed by atoms with E-state index in [-0.39, 0.29) is 5.95 Å². The summed E-state index contributed by atoms with van der Waals surface area (Å²) in [7, 11) is 0. The van der Waals surface area contributed by atoms with Crippen molar-refractivity contribution in [2.24, 2.45) is 0 Å². The molecule has 0 unspecified atom stereocenters. The molecule has 1 aromatic carbocycles. The molecule has 0 spiro atoms. The van der Waals surface area contributed by atoms with Crippen molar-refractivity contribution in [3.63, 3.8) is 0 Å². The van der Waals surface area contributed by atoms with E-state index in [1.165, 1.54) is 0 Å². The van der Waals surface area contributed by atoms with E-state index in [0.717, 1.165) is 10.0 Å². The minimum atomic E-state index is 0.242. The monoisotopic (exact) mass is 289 g/mol. The van der Waals surface area contributed by atoms with Crippen LogP contribution in [0.15, 0.2) is 41.0 Å². The van der Waals surface area contributed by atoms with Gasteiger partial charge >= 0.3 is 0 Å². The van der Waals surface area contributed by atoms with Crippen molar-refractivity contribution in [2.45, 2.75) is 0 Å². The van der Waals surface area contributed by atoms with Gasteiger partial charge in [0.1, 0.15) is 0 Å². The smallest absolute Gasteiger partial charge is 0.240 e. The first kappa shape index (κ1) is 10.2. The van der Waals surface area contributed by atoms with Gasteiger partial charge in [0.2, 0.25) is 5.95 Å². The summed E-state index contributed by atoms with van der Waals surface area (Å²) in [6.07, 6.45) is 1.69. The zero-order valence-electron chi connectivity index (χ0n) is 8.71. The molecular weight excluding hydrogens is 282 g/mol. The Morgan fingerprint density at radius 3 is 2.82 bits per heavy atom. The lowest BCUT2D eigenvalue weighted by atomic mass is 10.2. The largest absolute Gasteiger partial charge is 0.366 e. The van der Waals surface area contributed by atoms with E-state index in [4.69, 9.17) is 5.73 Å². The van der Waals surface area contributed by atoms with Gasteiger partial charge < -0.3 is 5.73 Å². The van der Waals surface area contributed by atoms with Crippen LogP contribution in [0.5, 0.6) is 0 Å². The van der Waals surface area contributed by atoms with E-state index >= 15 is 0 Å². The van der Waals surface area contributed by atoms with E-state index in [1.54, 1.807) is 16.8 Å². The summed E-state index contributed by atoms with van der Waals surface area (Å²) >= 11 is 3.49. The van der Waals surface area contributed by atoms with Gasteiger partial charge in [0.25, 0.3) is 0 Å². The Bertz CT molecular complexity index is 691. The maximum Gasteiger partial charge on any atom is 0.240 e. The lowest BCUT2D eigenvalue weighted by molar-refractivity contribution is 0.938. The number of hydrogen-bond acceptors (Lipinski definition) is 4.